The van der Waals surface area contributed by atoms with Crippen molar-refractivity contribution in [3.63, 3.8) is 0 Å². The number of hydrogen-bond donors (Lipinski definition) is 2. The molecule has 1 heterocycles. The van der Waals surface area contributed by atoms with Crippen molar-refractivity contribution in [2.75, 3.05) is 20.8 Å². The van der Waals surface area contributed by atoms with Crippen LogP contribution in [0.15, 0.2) is 18.2 Å². The van der Waals surface area contributed by atoms with Gasteiger partial charge in [-0.2, -0.15) is 0 Å². The van der Waals surface area contributed by atoms with Gasteiger partial charge in [0.2, 0.25) is 5.91 Å². The Balaban J connectivity index is 1.51. The number of hydrogen-bond acceptors (Lipinski definition) is 4. The van der Waals surface area contributed by atoms with Gasteiger partial charge in [-0.15, -0.1) is 0 Å². The van der Waals surface area contributed by atoms with E-state index in [2.05, 4.69) is 10.6 Å². The molecule has 1 saturated carbocycles. The van der Waals surface area contributed by atoms with Gasteiger partial charge in [-0.1, -0.05) is 11.6 Å². The van der Waals surface area contributed by atoms with E-state index >= 15 is 0 Å². The average Bonchev–Trinajstić information content (AvgIpc) is 2.67. The highest BCUT2D eigenvalue weighted by molar-refractivity contribution is 6.31. The number of piperidine rings is 1. The van der Waals surface area contributed by atoms with Gasteiger partial charge in [-0.05, 0) is 56.2 Å². The van der Waals surface area contributed by atoms with Gasteiger partial charge >= 0.3 is 0 Å². The Bertz CT molecular complexity index is 697. The molecule has 1 aromatic rings. The van der Waals surface area contributed by atoms with Gasteiger partial charge in [0, 0.05) is 30.6 Å². The number of amides is 2. The molecule has 2 aliphatic rings. The van der Waals surface area contributed by atoms with Crippen LogP contribution in [0.5, 0.6) is 5.75 Å². The zero-order valence-electron chi connectivity index (χ0n) is 15.8. The lowest BCUT2D eigenvalue weighted by Gasteiger charge is -2.41. The molecule has 2 amide bonds. The smallest absolute Gasteiger partial charge is 0.255 e. The van der Waals surface area contributed by atoms with E-state index in [0.29, 0.717) is 35.2 Å². The first-order valence-corrected chi connectivity index (χ1v) is 9.84. The topological polar surface area (TPSA) is 76.7 Å². The number of rotatable bonds is 6. The number of carbonyl (C=O) groups excluding carboxylic acids is 2. The molecular formula is C20H27ClN2O4. The van der Waals surface area contributed by atoms with Gasteiger partial charge in [0.05, 0.1) is 18.8 Å². The summed E-state index contributed by atoms with van der Waals surface area (Å²) in [6.45, 7) is 0.435. The SMILES string of the molecule is COc1ccc(Cl)cc1C(=O)NCCC1CC2CCC(OC)CC2NC1=O. The number of nitrogens with one attached hydrogen (secondary N) is 2. The summed E-state index contributed by atoms with van der Waals surface area (Å²) in [6, 6.07) is 5.15. The first-order chi connectivity index (χ1) is 13.0. The van der Waals surface area contributed by atoms with Crippen LogP contribution in [-0.2, 0) is 9.53 Å². The van der Waals surface area contributed by atoms with Gasteiger partial charge in [0.1, 0.15) is 5.75 Å². The van der Waals surface area contributed by atoms with Crippen molar-refractivity contribution in [1.29, 1.82) is 0 Å². The van der Waals surface area contributed by atoms with Crippen LogP contribution in [0.2, 0.25) is 5.02 Å². The number of benzene rings is 1. The van der Waals surface area contributed by atoms with E-state index in [1.54, 1.807) is 25.3 Å². The fourth-order valence-electron chi connectivity index (χ4n) is 4.20. The van der Waals surface area contributed by atoms with Crippen molar-refractivity contribution in [2.24, 2.45) is 11.8 Å². The molecule has 0 radical (unpaired) electrons. The number of halogens is 1. The Labute approximate surface area is 164 Å². The molecule has 0 bridgehead atoms. The Hall–Kier alpha value is -1.79. The fourth-order valence-corrected chi connectivity index (χ4v) is 4.37. The van der Waals surface area contributed by atoms with E-state index in [-0.39, 0.29) is 29.9 Å². The maximum Gasteiger partial charge on any atom is 0.255 e. The zero-order valence-corrected chi connectivity index (χ0v) is 16.6. The van der Waals surface area contributed by atoms with E-state index in [1.807, 2.05) is 0 Å². The zero-order chi connectivity index (χ0) is 19.4. The molecule has 27 heavy (non-hydrogen) atoms. The summed E-state index contributed by atoms with van der Waals surface area (Å²) in [7, 11) is 3.25. The minimum absolute atomic E-state index is 0.0631. The molecule has 4 unspecified atom stereocenters. The molecule has 2 fully saturated rings. The Morgan fingerprint density at radius 1 is 1.30 bits per heavy atom. The summed E-state index contributed by atoms with van der Waals surface area (Å²) in [4.78, 5) is 24.9. The minimum Gasteiger partial charge on any atom is -0.496 e. The summed E-state index contributed by atoms with van der Waals surface area (Å²) in [5, 5.41) is 6.52. The summed E-state index contributed by atoms with van der Waals surface area (Å²) >= 11 is 5.98. The van der Waals surface area contributed by atoms with Crippen molar-refractivity contribution in [2.45, 2.75) is 44.2 Å². The van der Waals surface area contributed by atoms with Gasteiger partial charge in [-0.3, -0.25) is 9.59 Å². The van der Waals surface area contributed by atoms with Crippen LogP contribution in [0.4, 0.5) is 0 Å². The van der Waals surface area contributed by atoms with Crippen molar-refractivity contribution < 1.29 is 19.1 Å². The third-order valence-corrected chi connectivity index (χ3v) is 5.98. The molecule has 0 spiro atoms. The number of carbonyl (C=O) groups is 2. The lowest BCUT2D eigenvalue weighted by Crippen LogP contribution is -2.53. The second-order valence-electron chi connectivity index (χ2n) is 7.37. The largest absolute Gasteiger partial charge is 0.496 e. The van der Waals surface area contributed by atoms with Crippen LogP contribution < -0.4 is 15.4 Å². The van der Waals surface area contributed by atoms with Gasteiger partial charge < -0.3 is 20.1 Å². The Morgan fingerprint density at radius 3 is 2.85 bits per heavy atom. The molecular weight excluding hydrogens is 368 g/mol. The van der Waals surface area contributed by atoms with E-state index in [1.165, 1.54) is 7.11 Å². The molecule has 1 aliphatic carbocycles. The van der Waals surface area contributed by atoms with Crippen molar-refractivity contribution in [3.05, 3.63) is 28.8 Å². The first kappa shape index (κ1) is 20.0. The van der Waals surface area contributed by atoms with Crippen LogP contribution >= 0.6 is 11.6 Å². The second-order valence-corrected chi connectivity index (χ2v) is 7.80. The maximum atomic E-state index is 12.4. The third-order valence-electron chi connectivity index (χ3n) is 5.75. The quantitative estimate of drug-likeness (QED) is 0.777. The average molecular weight is 395 g/mol. The van der Waals surface area contributed by atoms with Crippen molar-refractivity contribution in [3.8, 4) is 5.75 Å². The summed E-state index contributed by atoms with van der Waals surface area (Å²) in [5.41, 5.74) is 0.399. The Kier molecular flexibility index (Phi) is 6.60. The van der Waals surface area contributed by atoms with Gasteiger partial charge in [-0.25, -0.2) is 0 Å². The van der Waals surface area contributed by atoms with Crippen molar-refractivity contribution in [1.82, 2.24) is 10.6 Å². The molecule has 1 aliphatic heterocycles. The van der Waals surface area contributed by atoms with E-state index in [0.717, 1.165) is 25.7 Å². The number of fused-ring (bicyclic) bond motifs is 1. The molecule has 148 valence electrons. The summed E-state index contributed by atoms with van der Waals surface area (Å²) in [5.74, 6) is 0.756. The molecule has 3 rings (SSSR count). The molecule has 0 aromatic heterocycles. The molecule has 4 atom stereocenters. The van der Waals surface area contributed by atoms with Crippen molar-refractivity contribution >= 4 is 23.4 Å². The number of methoxy groups -OCH3 is 2. The Morgan fingerprint density at radius 2 is 2.11 bits per heavy atom. The van der Waals surface area contributed by atoms with Crippen LogP contribution in [0.3, 0.4) is 0 Å². The van der Waals surface area contributed by atoms with Gasteiger partial charge in [0.25, 0.3) is 5.91 Å². The molecule has 1 aromatic carbocycles. The van der Waals surface area contributed by atoms with E-state index < -0.39 is 0 Å². The van der Waals surface area contributed by atoms with Crippen LogP contribution in [0.25, 0.3) is 0 Å². The number of ether oxygens (including phenoxy) is 2. The fraction of sp³-hybridized carbons (Fsp3) is 0.600. The predicted molar refractivity (Wildman–Crippen MR) is 103 cm³/mol. The molecule has 2 N–H and O–H groups in total. The highest BCUT2D eigenvalue weighted by Gasteiger charge is 2.39. The standard InChI is InChI=1S/C20H27ClN2O4/c1-26-15-5-3-12-9-13(19(24)23-17(12)11-15)7-8-22-20(25)16-10-14(21)4-6-18(16)27-2/h4,6,10,12-13,15,17H,3,5,7-9,11H2,1-2H3,(H,22,25)(H,23,24). The van der Waals surface area contributed by atoms with Crippen LogP contribution in [0.1, 0.15) is 42.5 Å². The normalized spacial score (nSPS) is 27.4. The monoisotopic (exact) mass is 394 g/mol. The first-order valence-electron chi connectivity index (χ1n) is 9.46. The van der Waals surface area contributed by atoms with Crippen LogP contribution in [0, 0.1) is 11.8 Å². The molecule has 6 nitrogen and oxygen atoms in total. The highest BCUT2D eigenvalue weighted by Crippen LogP contribution is 2.35. The summed E-state index contributed by atoms with van der Waals surface area (Å²) < 4.78 is 10.7. The summed E-state index contributed by atoms with van der Waals surface area (Å²) in [6.07, 6.45) is 4.76. The minimum atomic E-state index is -0.246. The maximum absolute atomic E-state index is 12.4. The molecule has 1 saturated heterocycles. The third kappa shape index (κ3) is 4.74. The van der Waals surface area contributed by atoms with E-state index in [9.17, 15) is 9.59 Å². The lowest BCUT2D eigenvalue weighted by atomic mass is 9.74. The lowest BCUT2D eigenvalue weighted by molar-refractivity contribution is -0.131. The highest BCUT2D eigenvalue weighted by atomic mass is 35.5. The van der Waals surface area contributed by atoms with Crippen LogP contribution in [-0.4, -0.2) is 44.7 Å². The van der Waals surface area contributed by atoms with Gasteiger partial charge in [0.15, 0.2) is 0 Å². The second kappa shape index (κ2) is 8.93. The predicted octanol–water partition coefficient (Wildman–Crippen LogP) is 2.79. The van der Waals surface area contributed by atoms with E-state index in [4.69, 9.17) is 21.1 Å². The molecule has 7 heteroatoms.